The lowest BCUT2D eigenvalue weighted by molar-refractivity contribution is 0.0954. The minimum Gasteiger partial charge on any atom is -0.497 e. The minimum absolute atomic E-state index is 0.0895. The van der Waals surface area contributed by atoms with E-state index in [1.807, 2.05) is 9.47 Å². The fourth-order valence-electron chi connectivity index (χ4n) is 3.81. The van der Waals surface area contributed by atoms with Crippen LogP contribution in [-0.2, 0) is 25.9 Å². The molecule has 168 valence electrons. The number of aromatic nitrogens is 3. The third-order valence-electron chi connectivity index (χ3n) is 5.63. The van der Waals surface area contributed by atoms with E-state index < -0.39 is 11.6 Å². The van der Waals surface area contributed by atoms with E-state index >= 15 is 0 Å². The molecule has 2 heterocycles. The Balaban J connectivity index is 1.32. The van der Waals surface area contributed by atoms with E-state index in [-0.39, 0.29) is 18.0 Å². The molecule has 0 spiro atoms. The molecule has 3 aromatic rings. The molecule has 9 heteroatoms. The van der Waals surface area contributed by atoms with Gasteiger partial charge in [0, 0.05) is 56.7 Å². The summed E-state index contributed by atoms with van der Waals surface area (Å²) in [5.74, 6) is 1.11. The van der Waals surface area contributed by atoms with E-state index in [4.69, 9.17) is 4.74 Å². The molecule has 0 saturated carbocycles. The predicted molar refractivity (Wildman–Crippen MR) is 114 cm³/mol. The van der Waals surface area contributed by atoms with E-state index in [1.165, 1.54) is 18.2 Å². The molecule has 1 aliphatic heterocycles. The van der Waals surface area contributed by atoms with Crippen LogP contribution in [0.1, 0.15) is 27.6 Å². The van der Waals surface area contributed by atoms with Gasteiger partial charge in [0.05, 0.1) is 7.11 Å². The molecule has 0 unspecified atom stereocenters. The van der Waals surface area contributed by atoms with Gasteiger partial charge in [0.1, 0.15) is 29.0 Å². The molecule has 1 amide bonds. The summed E-state index contributed by atoms with van der Waals surface area (Å²) in [6, 6.07) is 10.8. The summed E-state index contributed by atoms with van der Waals surface area (Å²) in [6.07, 6.45) is 1.18. The summed E-state index contributed by atoms with van der Waals surface area (Å²) in [4.78, 5) is 14.3. The highest BCUT2D eigenvalue weighted by Crippen LogP contribution is 2.17. The van der Waals surface area contributed by atoms with Crippen LogP contribution >= 0.6 is 0 Å². The molecule has 1 aliphatic rings. The minimum atomic E-state index is -0.526. The maximum absolute atomic E-state index is 14.0. The lowest BCUT2D eigenvalue weighted by Crippen LogP contribution is -2.28. The number of carbonyl (C=O) groups excluding carboxylic acids is 1. The summed E-state index contributed by atoms with van der Waals surface area (Å²) >= 11 is 0. The van der Waals surface area contributed by atoms with Gasteiger partial charge < -0.3 is 14.6 Å². The summed E-state index contributed by atoms with van der Waals surface area (Å²) in [6.45, 7) is 2.53. The quantitative estimate of drug-likeness (QED) is 0.610. The number of nitrogens with one attached hydrogen (secondary N) is 1. The molecule has 2 aromatic carbocycles. The lowest BCUT2D eigenvalue weighted by atomic mass is 10.2. The highest BCUT2D eigenvalue weighted by atomic mass is 19.1. The Morgan fingerprint density at radius 3 is 2.53 bits per heavy atom. The topological polar surface area (TPSA) is 72.3 Å². The number of amides is 1. The van der Waals surface area contributed by atoms with Gasteiger partial charge in [0.2, 0.25) is 0 Å². The number of hydrogen-bond acceptors (Lipinski definition) is 5. The van der Waals surface area contributed by atoms with Gasteiger partial charge in [-0.25, -0.2) is 8.78 Å². The fraction of sp³-hybridized carbons (Fsp3) is 0.348. The van der Waals surface area contributed by atoms with Crippen LogP contribution in [0.25, 0.3) is 0 Å². The van der Waals surface area contributed by atoms with E-state index in [2.05, 4.69) is 15.5 Å². The van der Waals surface area contributed by atoms with Gasteiger partial charge in [0.25, 0.3) is 5.91 Å². The van der Waals surface area contributed by atoms with Crippen LogP contribution in [0.15, 0.2) is 42.5 Å². The van der Waals surface area contributed by atoms with Gasteiger partial charge in [-0.1, -0.05) is 6.07 Å². The summed E-state index contributed by atoms with van der Waals surface area (Å²) in [7, 11) is 1.58. The van der Waals surface area contributed by atoms with Crippen molar-refractivity contribution in [2.24, 2.45) is 0 Å². The van der Waals surface area contributed by atoms with Gasteiger partial charge in [-0.3, -0.25) is 9.69 Å². The molecule has 1 N–H and O–H groups in total. The Kier molecular flexibility index (Phi) is 6.75. The zero-order valence-electron chi connectivity index (χ0n) is 17.9. The largest absolute Gasteiger partial charge is 0.497 e. The van der Waals surface area contributed by atoms with E-state index in [0.29, 0.717) is 50.3 Å². The second kappa shape index (κ2) is 9.86. The monoisotopic (exact) mass is 441 g/mol. The fourth-order valence-corrected chi connectivity index (χ4v) is 3.81. The Morgan fingerprint density at radius 2 is 1.81 bits per heavy atom. The molecular formula is C23H25F2N5O2. The number of nitrogens with zero attached hydrogens (tertiary/aromatic N) is 4. The van der Waals surface area contributed by atoms with Crippen molar-refractivity contribution in [1.82, 2.24) is 25.0 Å². The molecule has 0 atom stereocenters. The number of hydrogen-bond donors (Lipinski definition) is 1. The number of benzene rings is 2. The standard InChI is InChI=1S/C23H25F2N5O2/c1-32-17-7-5-16(6-8-17)23(31)26-11-9-21-27-28-22-10-12-29(13-14-30(21)22)15-18-19(24)3-2-4-20(18)25/h2-8H,9-15H2,1H3,(H,26,31). The molecule has 0 radical (unpaired) electrons. The van der Waals surface area contributed by atoms with Crippen molar-refractivity contribution in [3.63, 3.8) is 0 Å². The number of ether oxygens (including phenoxy) is 1. The van der Waals surface area contributed by atoms with Gasteiger partial charge in [-0.15, -0.1) is 10.2 Å². The van der Waals surface area contributed by atoms with Gasteiger partial charge in [0.15, 0.2) is 0 Å². The van der Waals surface area contributed by atoms with Crippen molar-refractivity contribution in [1.29, 1.82) is 0 Å². The number of fused-ring (bicyclic) bond motifs is 1. The van der Waals surface area contributed by atoms with Crippen molar-refractivity contribution in [3.8, 4) is 5.75 Å². The first-order chi connectivity index (χ1) is 15.5. The Hall–Kier alpha value is -3.33. The van der Waals surface area contributed by atoms with Crippen LogP contribution in [0.4, 0.5) is 8.78 Å². The normalized spacial score (nSPS) is 14.0. The lowest BCUT2D eigenvalue weighted by Gasteiger charge is -2.20. The summed E-state index contributed by atoms with van der Waals surface area (Å²) in [5, 5.41) is 11.5. The van der Waals surface area contributed by atoms with Crippen LogP contribution in [-0.4, -0.2) is 52.3 Å². The number of carbonyl (C=O) groups is 1. The maximum Gasteiger partial charge on any atom is 0.251 e. The maximum atomic E-state index is 14.0. The third kappa shape index (κ3) is 4.94. The molecule has 0 saturated heterocycles. The molecule has 1 aromatic heterocycles. The second-order valence-corrected chi connectivity index (χ2v) is 7.64. The zero-order chi connectivity index (χ0) is 22.5. The molecule has 0 aliphatic carbocycles. The van der Waals surface area contributed by atoms with E-state index in [9.17, 15) is 13.6 Å². The van der Waals surface area contributed by atoms with Crippen LogP contribution in [0.3, 0.4) is 0 Å². The molecule has 4 rings (SSSR count). The van der Waals surface area contributed by atoms with Crippen molar-refractivity contribution < 1.29 is 18.3 Å². The van der Waals surface area contributed by atoms with Gasteiger partial charge >= 0.3 is 0 Å². The number of halogens is 2. The van der Waals surface area contributed by atoms with Crippen LogP contribution in [0.2, 0.25) is 0 Å². The van der Waals surface area contributed by atoms with E-state index in [1.54, 1.807) is 31.4 Å². The zero-order valence-corrected chi connectivity index (χ0v) is 17.9. The van der Waals surface area contributed by atoms with Crippen LogP contribution < -0.4 is 10.1 Å². The highest BCUT2D eigenvalue weighted by molar-refractivity contribution is 5.94. The number of rotatable bonds is 7. The molecule has 32 heavy (non-hydrogen) atoms. The molecule has 0 bridgehead atoms. The first-order valence-electron chi connectivity index (χ1n) is 10.5. The van der Waals surface area contributed by atoms with Crippen molar-refractivity contribution in [3.05, 3.63) is 76.9 Å². The summed E-state index contributed by atoms with van der Waals surface area (Å²) < 4.78 is 35.2. The molecule has 7 nitrogen and oxygen atoms in total. The number of methoxy groups -OCH3 is 1. The van der Waals surface area contributed by atoms with Gasteiger partial charge in [-0.05, 0) is 36.4 Å². The third-order valence-corrected chi connectivity index (χ3v) is 5.63. The Bertz CT molecular complexity index is 1060. The molecule has 0 fully saturated rings. The SMILES string of the molecule is COc1ccc(C(=O)NCCc2nnc3n2CCN(Cc2c(F)cccc2F)CC3)cc1. The van der Waals surface area contributed by atoms with Crippen molar-refractivity contribution in [2.75, 3.05) is 26.7 Å². The van der Waals surface area contributed by atoms with E-state index in [0.717, 1.165) is 11.6 Å². The van der Waals surface area contributed by atoms with Crippen LogP contribution in [0.5, 0.6) is 5.75 Å². The summed E-state index contributed by atoms with van der Waals surface area (Å²) in [5.41, 5.74) is 0.647. The first kappa shape index (κ1) is 21.9. The average molecular weight is 441 g/mol. The highest BCUT2D eigenvalue weighted by Gasteiger charge is 2.20. The smallest absolute Gasteiger partial charge is 0.251 e. The van der Waals surface area contributed by atoms with Crippen LogP contribution in [0, 0.1) is 11.6 Å². The van der Waals surface area contributed by atoms with Crippen molar-refractivity contribution in [2.45, 2.75) is 25.9 Å². The van der Waals surface area contributed by atoms with Crippen molar-refractivity contribution >= 4 is 5.91 Å². The Morgan fingerprint density at radius 1 is 1.06 bits per heavy atom. The van der Waals surface area contributed by atoms with Gasteiger partial charge in [-0.2, -0.15) is 0 Å². The Labute approximate surface area is 185 Å². The first-order valence-corrected chi connectivity index (χ1v) is 10.5. The predicted octanol–water partition coefficient (Wildman–Crippen LogP) is 2.60. The second-order valence-electron chi connectivity index (χ2n) is 7.64. The molecular weight excluding hydrogens is 416 g/mol. The average Bonchev–Trinajstić information content (AvgIpc) is 3.07.